The molecule has 0 saturated heterocycles. The van der Waals surface area contributed by atoms with E-state index in [9.17, 15) is 0 Å². The third kappa shape index (κ3) is 25.6. The predicted molar refractivity (Wildman–Crippen MR) is 235 cm³/mol. The van der Waals surface area contributed by atoms with Gasteiger partial charge in [-0.1, -0.05) is 105 Å². The summed E-state index contributed by atoms with van der Waals surface area (Å²) in [5, 5.41) is 3.11. The third-order valence-electron chi connectivity index (χ3n) is 8.67. The van der Waals surface area contributed by atoms with Crippen molar-refractivity contribution in [2.24, 2.45) is 21.7 Å². The molecule has 0 N–H and O–H groups in total. The second-order valence-electron chi connectivity index (χ2n) is 17.8. The zero-order chi connectivity index (χ0) is 41.0. The van der Waals surface area contributed by atoms with Crippen LogP contribution in [0.1, 0.15) is 109 Å². The molecule has 0 spiro atoms. The summed E-state index contributed by atoms with van der Waals surface area (Å²) >= 11 is 3.38. The van der Waals surface area contributed by atoms with E-state index in [0.29, 0.717) is 21.7 Å². The fraction of sp³-hybridized carbons (Fsp3) is 0.440. The molecule has 0 aromatic heterocycles. The van der Waals surface area contributed by atoms with E-state index >= 15 is 0 Å². The smallest absolute Gasteiger partial charge is 1.00 e. The molecule has 0 aliphatic heterocycles. The van der Waals surface area contributed by atoms with Gasteiger partial charge in [-0.15, -0.1) is 25.7 Å². The van der Waals surface area contributed by atoms with Crippen molar-refractivity contribution in [1.29, 1.82) is 0 Å². The third-order valence-corrected chi connectivity index (χ3v) is 15.3. The molecule has 0 nitrogen and oxygen atoms in total. The van der Waals surface area contributed by atoms with E-state index in [2.05, 4.69) is 230 Å². The van der Waals surface area contributed by atoms with Crippen LogP contribution in [0, 0.1) is 46.0 Å². The van der Waals surface area contributed by atoms with E-state index < -0.39 is 0 Å². The summed E-state index contributed by atoms with van der Waals surface area (Å²) in [5.74, 6) is 0. The Morgan fingerprint density at radius 1 is 0.393 bits per heavy atom. The minimum atomic E-state index is -0.122. The summed E-state index contributed by atoms with van der Waals surface area (Å²) in [4.78, 5) is 0. The van der Waals surface area contributed by atoms with Crippen LogP contribution in [-0.2, 0) is 46.7 Å². The number of halogens is 2. The topological polar surface area (TPSA) is 0 Å². The molecule has 0 unspecified atom stereocenters. The van der Waals surface area contributed by atoms with Gasteiger partial charge in [0.05, 0.1) is 0 Å². The molecule has 0 heterocycles. The summed E-state index contributed by atoms with van der Waals surface area (Å²) in [6, 6.07) is 21.5. The van der Waals surface area contributed by atoms with Crippen LogP contribution in [0.3, 0.4) is 0 Å². The van der Waals surface area contributed by atoms with Crippen LogP contribution < -0.4 is 35.2 Å². The fourth-order valence-electron chi connectivity index (χ4n) is 5.05. The first-order chi connectivity index (χ1) is 25.0. The van der Waals surface area contributed by atoms with Crippen molar-refractivity contribution in [1.82, 2.24) is 0 Å². The summed E-state index contributed by atoms with van der Waals surface area (Å²) in [6.45, 7) is 31.4. The minimum Gasteiger partial charge on any atom is -1.00 e. The number of hydrogen-bond donors (Lipinski definition) is 0. The van der Waals surface area contributed by atoms with Crippen molar-refractivity contribution in [2.75, 3.05) is 0 Å². The van der Waals surface area contributed by atoms with Crippen LogP contribution in [0.15, 0.2) is 132 Å². The molecule has 2 aromatic carbocycles. The molecule has 2 aromatic rings. The van der Waals surface area contributed by atoms with Gasteiger partial charge in [0.25, 0.3) is 0 Å². The molecule has 4 aliphatic rings. The second kappa shape index (κ2) is 28.6. The summed E-state index contributed by atoms with van der Waals surface area (Å²) < 4.78 is 0. The number of benzene rings is 2. The Balaban J connectivity index is 0. The van der Waals surface area contributed by atoms with Gasteiger partial charge in [-0.2, -0.15) is 46.6 Å². The van der Waals surface area contributed by atoms with Crippen molar-refractivity contribution in [3.05, 3.63) is 156 Å². The predicted octanol–water partition coefficient (Wildman–Crippen LogP) is 7.02. The van der Waals surface area contributed by atoms with Crippen molar-refractivity contribution in [3.8, 4) is 0 Å². The molecule has 0 bridgehead atoms. The van der Waals surface area contributed by atoms with Crippen LogP contribution in [0.2, 0.25) is 13.1 Å². The average Bonchev–Trinajstić information content (AvgIpc) is 3.94. The molecule has 0 fully saturated rings. The van der Waals surface area contributed by atoms with Crippen LogP contribution >= 0.6 is 0 Å². The van der Waals surface area contributed by atoms with Gasteiger partial charge in [0, 0.05) is 0 Å². The van der Waals surface area contributed by atoms with Crippen molar-refractivity contribution in [2.45, 2.75) is 122 Å². The van der Waals surface area contributed by atoms with Gasteiger partial charge in [0.1, 0.15) is 0 Å². The summed E-state index contributed by atoms with van der Waals surface area (Å²) in [7, 11) is 0. The van der Waals surface area contributed by atoms with E-state index in [-0.39, 0.29) is 35.7 Å². The first kappa shape index (κ1) is 57.2. The Hall–Kier alpha value is -0.860. The maximum absolute atomic E-state index is 3.16. The van der Waals surface area contributed by atoms with Crippen molar-refractivity contribution in [3.63, 3.8) is 0 Å². The van der Waals surface area contributed by atoms with Gasteiger partial charge >= 0.3 is 142 Å². The molecule has 0 atom stereocenters. The van der Waals surface area contributed by atoms with E-state index in [4.69, 9.17) is 0 Å². The Morgan fingerprint density at radius 2 is 0.589 bits per heavy atom. The maximum atomic E-state index is 3.16. The Labute approximate surface area is 388 Å². The van der Waals surface area contributed by atoms with Crippen molar-refractivity contribution >= 4 is 21.2 Å². The molecular formula is C50H68Cl2Si2Zr2-2. The molecule has 0 amide bonds. The largest absolute Gasteiger partial charge is 1.00 e. The van der Waals surface area contributed by atoms with Crippen LogP contribution in [0.25, 0.3) is 0 Å². The zero-order valence-electron chi connectivity index (χ0n) is 37.0. The van der Waals surface area contributed by atoms with Gasteiger partial charge < -0.3 is 24.8 Å². The fourth-order valence-corrected chi connectivity index (χ4v) is 8.90. The van der Waals surface area contributed by atoms with Crippen LogP contribution in [-0.4, -0.2) is 10.9 Å². The number of allylic oxidation sites excluding steroid dienone is 16. The Kier molecular flexibility index (Phi) is 29.2. The molecule has 6 rings (SSSR count). The maximum Gasteiger partial charge on any atom is -1.00 e. The molecular weight excluding hydrogens is 910 g/mol. The van der Waals surface area contributed by atoms with Gasteiger partial charge in [-0.25, -0.2) is 24.3 Å². The van der Waals surface area contributed by atoms with Crippen LogP contribution in [0.4, 0.5) is 0 Å². The van der Waals surface area contributed by atoms with Gasteiger partial charge in [-0.05, 0) is 0 Å². The number of hydrogen-bond acceptors (Lipinski definition) is 0. The van der Waals surface area contributed by atoms with Gasteiger partial charge in [-0.3, -0.25) is 24.3 Å². The summed E-state index contributed by atoms with van der Waals surface area (Å²) in [6.07, 6.45) is 34.0. The molecule has 4 aliphatic carbocycles. The van der Waals surface area contributed by atoms with E-state index in [1.165, 1.54) is 22.3 Å². The first-order valence-corrected chi connectivity index (χ1v) is 30.7. The van der Waals surface area contributed by atoms with E-state index in [1.54, 1.807) is 57.0 Å². The minimum absolute atomic E-state index is 0. The van der Waals surface area contributed by atoms with Gasteiger partial charge in [0.2, 0.25) is 0 Å². The zero-order valence-corrected chi connectivity index (χ0v) is 45.4. The normalized spacial score (nSPS) is 14.8. The Bertz CT molecular complexity index is 1500. The first-order valence-electron chi connectivity index (χ1n) is 19.3. The SMILES string of the molecule is CC(C)(C)C1=CC[C-]=C1.CC(C)(C)C1=CC[C-]=C1.CC(C)(C)C1=CC[C-]=C1.CC(C)(C)C1=CC[C-]=C1.C[Si](=[Zr+2])c1ccccc1.C[Si](=[Zr+2])c1ccccc1.[Cl-].[Cl-]. The molecule has 300 valence electrons. The van der Waals surface area contributed by atoms with Crippen molar-refractivity contribution < 1.29 is 71.5 Å². The van der Waals surface area contributed by atoms with E-state index in [0.717, 1.165) is 25.7 Å². The Morgan fingerprint density at radius 3 is 0.679 bits per heavy atom. The van der Waals surface area contributed by atoms with Gasteiger partial charge in [0.15, 0.2) is 0 Å². The number of rotatable bonds is 2. The average molecular weight is 979 g/mol. The van der Waals surface area contributed by atoms with Crippen LogP contribution in [0.5, 0.6) is 0 Å². The quantitative estimate of drug-likeness (QED) is 0.225. The molecule has 6 heteroatoms. The molecule has 56 heavy (non-hydrogen) atoms. The van der Waals surface area contributed by atoms with E-state index in [1.807, 2.05) is 0 Å². The molecule has 0 saturated carbocycles. The second-order valence-corrected chi connectivity index (χ2v) is 32.5. The monoisotopic (exact) mass is 974 g/mol. The summed E-state index contributed by atoms with van der Waals surface area (Å²) in [5.41, 5.74) is 6.72. The molecule has 0 radical (unpaired) electrons. The standard InChI is InChI=1S/4C9H13.2C7H8Si.2ClH.2Zr/c4*1-9(2,3)8-6-4-5-7-8;2*1-8-7-5-3-2-4-6-7;;;;/h4*6-7H,4H2,1-3H3;2*2-6H,1H3;2*1H;;/q4*-1;;;;;2*+2/p-2.